The summed E-state index contributed by atoms with van der Waals surface area (Å²) < 4.78 is 6.30. The third-order valence-corrected chi connectivity index (χ3v) is 2.30. The van der Waals surface area contributed by atoms with Crippen LogP contribution in [-0.2, 0) is 4.74 Å². The summed E-state index contributed by atoms with van der Waals surface area (Å²) in [5, 5.41) is 16.7. The summed E-state index contributed by atoms with van der Waals surface area (Å²) in [4.78, 5) is 10.9. The van der Waals surface area contributed by atoms with Crippen molar-refractivity contribution in [2.45, 2.75) is 12.1 Å². The summed E-state index contributed by atoms with van der Waals surface area (Å²) in [5.74, 6) is -0.691. The van der Waals surface area contributed by atoms with Crippen LogP contribution in [0.3, 0.4) is 0 Å². The number of aliphatic hydroxyl groups is 1. The van der Waals surface area contributed by atoms with Gasteiger partial charge in [0, 0.05) is 0 Å². The summed E-state index contributed by atoms with van der Waals surface area (Å²) >= 11 is 0. The maximum atomic E-state index is 10.9. The van der Waals surface area contributed by atoms with E-state index < -0.39 is 18.1 Å². The van der Waals surface area contributed by atoms with Crippen molar-refractivity contribution < 1.29 is 14.6 Å². The SMILES string of the molecule is NC(=O)c1nnn([C@H]2COC[C@@H]2O)c1N. The van der Waals surface area contributed by atoms with Gasteiger partial charge >= 0.3 is 0 Å². The second-order valence-electron chi connectivity index (χ2n) is 3.30. The van der Waals surface area contributed by atoms with E-state index in [2.05, 4.69) is 10.3 Å². The van der Waals surface area contributed by atoms with Crippen LogP contribution in [0.2, 0.25) is 0 Å². The minimum Gasteiger partial charge on any atom is -0.388 e. The molecule has 1 aliphatic heterocycles. The maximum Gasteiger partial charge on any atom is 0.273 e. The summed E-state index contributed by atoms with van der Waals surface area (Å²) in [7, 11) is 0. The number of nitrogen functional groups attached to an aromatic ring is 1. The van der Waals surface area contributed by atoms with E-state index in [0.29, 0.717) is 0 Å². The van der Waals surface area contributed by atoms with Crippen LogP contribution in [0.4, 0.5) is 5.82 Å². The molecule has 2 heterocycles. The van der Waals surface area contributed by atoms with E-state index >= 15 is 0 Å². The number of carbonyl (C=O) groups excluding carboxylic acids is 1. The van der Waals surface area contributed by atoms with Gasteiger partial charge in [-0.15, -0.1) is 5.10 Å². The lowest BCUT2D eigenvalue weighted by molar-refractivity contribution is 0.0996. The number of nitrogens with zero attached hydrogens (tertiary/aromatic N) is 3. The molecule has 8 nitrogen and oxygen atoms in total. The number of aromatic nitrogens is 3. The molecule has 0 aliphatic carbocycles. The zero-order chi connectivity index (χ0) is 11.0. The monoisotopic (exact) mass is 213 g/mol. The smallest absolute Gasteiger partial charge is 0.273 e. The van der Waals surface area contributed by atoms with E-state index in [9.17, 15) is 9.90 Å². The molecule has 0 aromatic carbocycles. The van der Waals surface area contributed by atoms with Crippen LogP contribution in [0, 0.1) is 0 Å². The molecule has 8 heteroatoms. The van der Waals surface area contributed by atoms with E-state index in [-0.39, 0.29) is 24.7 Å². The first-order valence-electron chi connectivity index (χ1n) is 4.37. The Bertz CT molecular complexity index is 390. The van der Waals surface area contributed by atoms with Gasteiger partial charge in [0.25, 0.3) is 5.91 Å². The Morgan fingerprint density at radius 2 is 2.33 bits per heavy atom. The number of primary amides is 1. The molecule has 1 saturated heterocycles. The van der Waals surface area contributed by atoms with Gasteiger partial charge in [-0.05, 0) is 0 Å². The highest BCUT2D eigenvalue weighted by Crippen LogP contribution is 2.22. The van der Waals surface area contributed by atoms with Crippen LogP contribution in [-0.4, -0.2) is 45.3 Å². The van der Waals surface area contributed by atoms with Crippen molar-refractivity contribution in [2.24, 2.45) is 5.73 Å². The molecule has 1 amide bonds. The first-order valence-corrected chi connectivity index (χ1v) is 4.37. The van der Waals surface area contributed by atoms with Crippen LogP contribution >= 0.6 is 0 Å². The van der Waals surface area contributed by atoms with Gasteiger partial charge in [0.05, 0.1) is 13.2 Å². The summed E-state index contributed by atoms with van der Waals surface area (Å²) in [6.07, 6.45) is -0.699. The molecule has 15 heavy (non-hydrogen) atoms. The average Bonchev–Trinajstić information content (AvgIpc) is 2.71. The zero-order valence-electron chi connectivity index (χ0n) is 7.83. The van der Waals surface area contributed by atoms with Crippen LogP contribution in [0.5, 0.6) is 0 Å². The van der Waals surface area contributed by atoms with E-state index in [0.717, 1.165) is 0 Å². The largest absolute Gasteiger partial charge is 0.388 e. The van der Waals surface area contributed by atoms with Crippen LogP contribution < -0.4 is 11.5 Å². The second-order valence-corrected chi connectivity index (χ2v) is 3.30. The first-order chi connectivity index (χ1) is 7.11. The fourth-order valence-electron chi connectivity index (χ4n) is 1.49. The molecule has 0 radical (unpaired) electrons. The molecule has 1 aromatic rings. The van der Waals surface area contributed by atoms with E-state index in [4.69, 9.17) is 16.2 Å². The molecule has 0 spiro atoms. The highest BCUT2D eigenvalue weighted by Gasteiger charge is 2.31. The normalized spacial score (nSPS) is 25.7. The fraction of sp³-hybridized carbons (Fsp3) is 0.571. The number of aliphatic hydroxyl groups excluding tert-OH is 1. The Morgan fingerprint density at radius 1 is 1.60 bits per heavy atom. The molecule has 2 rings (SSSR count). The third kappa shape index (κ3) is 1.53. The topological polar surface area (TPSA) is 129 Å². The van der Waals surface area contributed by atoms with Crippen LogP contribution in [0.25, 0.3) is 0 Å². The van der Waals surface area contributed by atoms with Gasteiger partial charge in [-0.2, -0.15) is 0 Å². The summed E-state index contributed by atoms with van der Waals surface area (Å²) in [5.41, 5.74) is 10.6. The minimum atomic E-state index is -0.743. The van der Waals surface area contributed by atoms with E-state index in [1.165, 1.54) is 4.68 Å². The van der Waals surface area contributed by atoms with Gasteiger partial charge in [0.15, 0.2) is 11.5 Å². The lowest BCUT2D eigenvalue weighted by atomic mass is 10.2. The van der Waals surface area contributed by atoms with Gasteiger partial charge in [0.2, 0.25) is 0 Å². The van der Waals surface area contributed by atoms with E-state index in [1.54, 1.807) is 0 Å². The second kappa shape index (κ2) is 3.48. The Kier molecular flexibility index (Phi) is 2.29. The van der Waals surface area contributed by atoms with Gasteiger partial charge in [0.1, 0.15) is 12.1 Å². The molecular weight excluding hydrogens is 202 g/mol. The van der Waals surface area contributed by atoms with Gasteiger partial charge in [-0.1, -0.05) is 5.21 Å². The Morgan fingerprint density at radius 3 is 2.80 bits per heavy atom. The molecular formula is C7H11N5O3. The molecule has 1 aromatic heterocycles. The minimum absolute atomic E-state index is 0.0528. The quantitative estimate of drug-likeness (QED) is 0.515. The van der Waals surface area contributed by atoms with Gasteiger partial charge in [-0.25, -0.2) is 4.68 Å². The molecule has 1 aliphatic rings. The van der Waals surface area contributed by atoms with Crippen molar-refractivity contribution in [2.75, 3.05) is 18.9 Å². The van der Waals surface area contributed by atoms with Gasteiger partial charge in [-0.3, -0.25) is 4.79 Å². The molecule has 0 bridgehead atoms. The molecule has 0 saturated carbocycles. The van der Waals surface area contributed by atoms with Crippen molar-refractivity contribution in [1.82, 2.24) is 15.0 Å². The van der Waals surface area contributed by atoms with Crippen molar-refractivity contribution in [3.63, 3.8) is 0 Å². The molecule has 0 unspecified atom stereocenters. The van der Waals surface area contributed by atoms with Crippen LogP contribution in [0.1, 0.15) is 16.5 Å². The lowest BCUT2D eigenvalue weighted by Gasteiger charge is -2.12. The lowest BCUT2D eigenvalue weighted by Crippen LogP contribution is -2.25. The number of rotatable bonds is 2. The number of hydrogen-bond donors (Lipinski definition) is 3. The molecule has 1 fully saturated rings. The number of amides is 1. The molecule has 2 atom stereocenters. The number of nitrogens with two attached hydrogens (primary N) is 2. The third-order valence-electron chi connectivity index (χ3n) is 2.30. The Balaban J connectivity index is 2.33. The molecule has 82 valence electrons. The van der Waals surface area contributed by atoms with Crippen molar-refractivity contribution in [3.05, 3.63) is 5.69 Å². The zero-order valence-corrected chi connectivity index (χ0v) is 7.83. The summed E-state index contributed by atoms with van der Waals surface area (Å²) in [6, 6.07) is -0.411. The molecule has 5 N–H and O–H groups in total. The van der Waals surface area contributed by atoms with Gasteiger partial charge < -0.3 is 21.3 Å². The van der Waals surface area contributed by atoms with E-state index in [1.807, 2.05) is 0 Å². The highest BCUT2D eigenvalue weighted by atomic mass is 16.5. The van der Waals surface area contributed by atoms with Crippen molar-refractivity contribution in [3.8, 4) is 0 Å². The highest BCUT2D eigenvalue weighted by molar-refractivity contribution is 5.94. The average molecular weight is 213 g/mol. The predicted molar refractivity (Wildman–Crippen MR) is 48.8 cm³/mol. The fourth-order valence-corrected chi connectivity index (χ4v) is 1.49. The van der Waals surface area contributed by atoms with Crippen molar-refractivity contribution >= 4 is 11.7 Å². The predicted octanol–water partition coefficient (Wildman–Crippen LogP) is -2.11. The first kappa shape index (κ1) is 9.87. The Labute approximate surface area is 84.8 Å². The van der Waals surface area contributed by atoms with Crippen LogP contribution in [0.15, 0.2) is 0 Å². The van der Waals surface area contributed by atoms with Crippen molar-refractivity contribution in [1.29, 1.82) is 0 Å². The Hall–Kier alpha value is -1.67. The maximum absolute atomic E-state index is 10.9. The number of carbonyl (C=O) groups is 1. The number of hydrogen-bond acceptors (Lipinski definition) is 6. The number of ether oxygens (including phenoxy) is 1. The summed E-state index contributed by atoms with van der Waals surface area (Å²) in [6.45, 7) is 0.503. The number of anilines is 1. The standard InChI is InChI=1S/C7H11N5O3/c8-6-5(7(9)14)10-11-12(6)3-1-15-2-4(3)13/h3-4,13H,1-2,8H2,(H2,9,14)/t3-,4-/m0/s1.